The maximum atomic E-state index is 15.4. The summed E-state index contributed by atoms with van der Waals surface area (Å²) in [6.45, 7) is 2.29. The lowest BCUT2D eigenvalue weighted by atomic mass is 9.68. The van der Waals surface area contributed by atoms with E-state index in [9.17, 15) is 13.2 Å². The van der Waals surface area contributed by atoms with E-state index in [1.165, 1.54) is 103 Å². The first-order valence-corrected chi connectivity index (χ1v) is 17.9. The van der Waals surface area contributed by atoms with Gasteiger partial charge in [0.15, 0.2) is 17.5 Å². The Morgan fingerprint density at radius 3 is 1.60 bits per heavy atom. The molecule has 0 amide bonds. The fourth-order valence-electron chi connectivity index (χ4n) is 8.94. The minimum absolute atomic E-state index is 0.0153. The molecule has 0 unspecified atom stereocenters. The standard InChI is InChI=1S/C39H54F4/c1-2-3-4-5-6-7-8-9-27-10-12-28(13-11-27)29-14-16-30(17-15-29)33-22-23-35(36(40)24-33)32-20-18-31(19-21-32)34-25-37(41)39(43)38(42)26-34/h22-32H,2-21H2,1H3. The van der Waals surface area contributed by atoms with Crippen molar-refractivity contribution in [2.24, 2.45) is 17.8 Å². The molecular formula is C39H54F4. The Labute approximate surface area is 258 Å². The summed E-state index contributed by atoms with van der Waals surface area (Å²) in [6, 6.07) is 8.21. The van der Waals surface area contributed by atoms with Gasteiger partial charge in [-0.25, -0.2) is 17.6 Å². The van der Waals surface area contributed by atoms with Crippen LogP contribution in [0.2, 0.25) is 0 Å². The molecule has 0 bridgehead atoms. The molecule has 0 aromatic heterocycles. The predicted molar refractivity (Wildman–Crippen MR) is 169 cm³/mol. The van der Waals surface area contributed by atoms with E-state index in [4.69, 9.17) is 0 Å². The van der Waals surface area contributed by atoms with E-state index in [2.05, 4.69) is 13.0 Å². The SMILES string of the molecule is CCCCCCCCCC1CCC(C2CCC(c3ccc(C4CCC(c5cc(F)c(F)c(F)c5)CC4)c(F)c3)CC2)CC1. The number of rotatable bonds is 12. The predicted octanol–water partition coefficient (Wildman–Crippen LogP) is 12.9. The molecular weight excluding hydrogens is 544 g/mol. The van der Waals surface area contributed by atoms with Gasteiger partial charge < -0.3 is 0 Å². The van der Waals surface area contributed by atoms with Gasteiger partial charge in [0.05, 0.1) is 0 Å². The monoisotopic (exact) mass is 598 g/mol. The summed E-state index contributed by atoms with van der Waals surface area (Å²) in [5.41, 5.74) is 2.45. The van der Waals surface area contributed by atoms with Gasteiger partial charge in [0, 0.05) is 0 Å². The van der Waals surface area contributed by atoms with Crippen LogP contribution >= 0.6 is 0 Å². The van der Waals surface area contributed by atoms with Gasteiger partial charge in [-0.3, -0.25) is 0 Å². The molecule has 0 spiro atoms. The van der Waals surface area contributed by atoms with Crippen LogP contribution in [0.5, 0.6) is 0 Å². The number of benzene rings is 2. The van der Waals surface area contributed by atoms with E-state index in [0.717, 1.165) is 66.7 Å². The lowest BCUT2D eigenvalue weighted by Crippen LogP contribution is -2.25. The van der Waals surface area contributed by atoms with Crippen molar-refractivity contribution in [1.29, 1.82) is 0 Å². The van der Waals surface area contributed by atoms with E-state index >= 15 is 4.39 Å². The number of unbranched alkanes of at least 4 members (excludes halogenated alkanes) is 6. The van der Waals surface area contributed by atoms with Crippen LogP contribution in [0.25, 0.3) is 0 Å². The highest BCUT2D eigenvalue weighted by Gasteiger charge is 2.32. The van der Waals surface area contributed by atoms with Gasteiger partial charge in [-0.15, -0.1) is 0 Å². The van der Waals surface area contributed by atoms with Gasteiger partial charge in [0.2, 0.25) is 0 Å². The van der Waals surface area contributed by atoms with Gasteiger partial charge in [0.1, 0.15) is 5.82 Å². The number of halogens is 4. The molecule has 3 fully saturated rings. The van der Waals surface area contributed by atoms with Gasteiger partial charge in [0.25, 0.3) is 0 Å². The van der Waals surface area contributed by atoms with Crippen molar-refractivity contribution in [2.45, 2.75) is 153 Å². The van der Waals surface area contributed by atoms with Crippen molar-refractivity contribution in [3.8, 4) is 0 Å². The Bertz CT molecular complexity index is 1110. The minimum Gasteiger partial charge on any atom is -0.207 e. The van der Waals surface area contributed by atoms with Crippen LogP contribution in [-0.2, 0) is 0 Å². The van der Waals surface area contributed by atoms with Crippen LogP contribution in [0.3, 0.4) is 0 Å². The third kappa shape index (κ3) is 8.66. The first-order chi connectivity index (χ1) is 20.9. The highest BCUT2D eigenvalue weighted by molar-refractivity contribution is 5.31. The van der Waals surface area contributed by atoms with Crippen molar-refractivity contribution in [3.63, 3.8) is 0 Å². The molecule has 0 nitrogen and oxygen atoms in total. The molecule has 43 heavy (non-hydrogen) atoms. The zero-order chi connectivity index (χ0) is 30.2. The summed E-state index contributed by atoms with van der Waals surface area (Å²) in [6.07, 6.45) is 25.0. The second-order valence-corrected chi connectivity index (χ2v) is 14.4. The lowest BCUT2D eigenvalue weighted by molar-refractivity contribution is 0.155. The maximum Gasteiger partial charge on any atom is 0.194 e. The van der Waals surface area contributed by atoms with E-state index < -0.39 is 17.5 Å². The second kappa shape index (κ2) is 15.9. The van der Waals surface area contributed by atoms with E-state index in [-0.39, 0.29) is 17.7 Å². The fraction of sp³-hybridized carbons (Fsp3) is 0.692. The van der Waals surface area contributed by atoms with Crippen molar-refractivity contribution in [1.82, 2.24) is 0 Å². The molecule has 0 aliphatic heterocycles. The summed E-state index contributed by atoms with van der Waals surface area (Å²) in [4.78, 5) is 0. The molecule has 5 rings (SSSR count). The molecule has 0 atom stereocenters. The van der Waals surface area contributed by atoms with E-state index in [0.29, 0.717) is 11.5 Å². The zero-order valence-corrected chi connectivity index (χ0v) is 26.5. The third-order valence-electron chi connectivity index (χ3n) is 11.7. The molecule has 0 heterocycles. The Kier molecular flexibility index (Phi) is 12.1. The van der Waals surface area contributed by atoms with E-state index in [1.807, 2.05) is 6.07 Å². The van der Waals surface area contributed by atoms with Crippen molar-refractivity contribution in [3.05, 3.63) is 70.3 Å². The molecule has 0 N–H and O–H groups in total. The fourth-order valence-corrected chi connectivity index (χ4v) is 8.94. The smallest absolute Gasteiger partial charge is 0.194 e. The van der Waals surface area contributed by atoms with Crippen LogP contribution in [-0.4, -0.2) is 0 Å². The summed E-state index contributed by atoms with van der Waals surface area (Å²) in [5.74, 6) is -0.465. The van der Waals surface area contributed by atoms with Gasteiger partial charge in [-0.05, 0) is 135 Å². The third-order valence-corrected chi connectivity index (χ3v) is 11.7. The first kappa shape index (κ1) is 32.6. The largest absolute Gasteiger partial charge is 0.207 e. The Balaban J connectivity index is 1.03. The summed E-state index contributed by atoms with van der Waals surface area (Å²) >= 11 is 0. The molecule has 0 radical (unpaired) electrons. The molecule has 2 aromatic carbocycles. The van der Waals surface area contributed by atoms with Crippen LogP contribution in [0.4, 0.5) is 17.6 Å². The summed E-state index contributed by atoms with van der Waals surface area (Å²) in [7, 11) is 0. The van der Waals surface area contributed by atoms with Gasteiger partial charge in [-0.2, -0.15) is 0 Å². The van der Waals surface area contributed by atoms with Crippen LogP contribution in [0.1, 0.15) is 170 Å². The molecule has 3 aliphatic rings. The van der Waals surface area contributed by atoms with Crippen molar-refractivity contribution < 1.29 is 17.6 Å². The van der Waals surface area contributed by atoms with Crippen LogP contribution in [0.15, 0.2) is 30.3 Å². The maximum absolute atomic E-state index is 15.4. The Morgan fingerprint density at radius 2 is 1.00 bits per heavy atom. The molecule has 3 aliphatic carbocycles. The van der Waals surface area contributed by atoms with Crippen molar-refractivity contribution in [2.75, 3.05) is 0 Å². The topological polar surface area (TPSA) is 0 Å². The van der Waals surface area contributed by atoms with Gasteiger partial charge >= 0.3 is 0 Å². The minimum atomic E-state index is -1.41. The number of hydrogen-bond donors (Lipinski definition) is 0. The second-order valence-electron chi connectivity index (χ2n) is 14.4. The average Bonchev–Trinajstić information content (AvgIpc) is 3.03. The molecule has 4 heteroatoms. The van der Waals surface area contributed by atoms with Gasteiger partial charge in [-0.1, -0.05) is 83.3 Å². The van der Waals surface area contributed by atoms with Crippen molar-refractivity contribution >= 4 is 0 Å². The zero-order valence-electron chi connectivity index (χ0n) is 26.5. The Morgan fingerprint density at radius 1 is 0.512 bits per heavy atom. The highest BCUT2D eigenvalue weighted by Crippen LogP contribution is 2.46. The first-order valence-electron chi connectivity index (χ1n) is 17.9. The lowest BCUT2D eigenvalue weighted by Gasteiger charge is -2.38. The Hall–Kier alpha value is -1.84. The highest BCUT2D eigenvalue weighted by atomic mass is 19.2. The van der Waals surface area contributed by atoms with E-state index in [1.54, 1.807) is 6.07 Å². The average molecular weight is 599 g/mol. The van der Waals surface area contributed by atoms with Crippen LogP contribution in [0, 0.1) is 41.0 Å². The van der Waals surface area contributed by atoms with Crippen LogP contribution < -0.4 is 0 Å². The summed E-state index contributed by atoms with van der Waals surface area (Å²) in [5, 5.41) is 0. The quantitative estimate of drug-likeness (QED) is 0.129. The normalized spacial score (nSPS) is 28.2. The molecule has 2 aromatic rings. The molecule has 3 saturated carbocycles. The number of hydrogen-bond acceptors (Lipinski definition) is 0. The summed E-state index contributed by atoms with van der Waals surface area (Å²) < 4.78 is 56.2. The molecule has 238 valence electrons. The molecule has 0 saturated heterocycles.